The van der Waals surface area contributed by atoms with E-state index in [0.29, 0.717) is 6.04 Å². The van der Waals surface area contributed by atoms with Gasteiger partial charge in [0.05, 0.1) is 0 Å². The molecule has 0 spiro atoms. The van der Waals surface area contributed by atoms with Crippen LogP contribution >= 0.6 is 0 Å². The number of nitrogens with one attached hydrogen (secondary N) is 1. The molecule has 5 heteroatoms. The summed E-state index contributed by atoms with van der Waals surface area (Å²) in [5, 5.41) is 0. The molecule has 2 atom stereocenters. The highest BCUT2D eigenvalue weighted by Crippen LogP contribution is 2.23. The molecule has 1 aliphatic heterocycles. The first-order valence-corrected chi connectivity index (χ1v) is 7.09. The molecule has 0 aromatic heterocycles. The summed E-state index contributed by atoms with van der Waals surface area (Å²) in [6.45, 7) is 2.00. The van der Waals surface area contributed by atoms with Gasteiger partial charge < -0.3 is 4.90 Å². The molecular weight excluding hydrogens is 252 g/mol. The number of hydrogen-bond acceptors (Lipinski definition) is 4. The van der Waals surface area contributed by atoms with Crippen LogP contribution in [0.3, 0.4) is 0 Å². The Kier molecular flexibility index (Phi) is 5.11. The third kappa shape index (κ3) is 3.36. The summed E-state index contributed by atoms with van der Waals surface area (Å²) in [5.41, 5.74) is 3.26. The van der Waals surface area contributed by atoms with Crippen molar-refractivity contribution in [3.05, 3.63) is 35.9 Å². The monoisotopic (exact) mass is 276 g/mol. The lowest BCUT2D eigenvalue weighted by atomic mass is 10.0. The van der Waals surface area contributed by atoms with Gasteiger partial charge in [0.1, 0.15) is 6.04 Å². The third-order valence-electron chi connectivity index (χ3n) is 4.12. The maximum absolute atomic E-state index is 12.1. The smallest absolute Gasteiger partial charge is 0.255 e. The van der Waals surface area contributed by atoms with E-state index in [0.717, 1.165) is 18.7 Å². The number of nitrogens with two attached hydrogens (primary N) is 1. The van der Waals surface area contributed by atoms with Crippen LogP contribution in [0.5, 0.6) is 0 Å². The highest BCUT2D eigenvalue weighted by molar-refractivity contribution is 5.82. The number of amides is 1. The molecular formula is C15H24N4O. The molecule has 3 N–H and O–H groups in total. The van der Waals surface area contributed by atoms with E-state index in [1.807, 2.05) is 37.4 Å². The van der Waals surface area contributed by atoms with Gasteiger partial charge in [-0.3, -0.25) is 15.1 Å². The van der Waals surface area contributed by atoms with E-state index >= 15 is 0 Å². The molecule has 1 heterocycles. The Morgan fingerprint density at radius 2 is 2.20 bits per heavy atom. The van der Waals surface area contributed by atoms with Crippen LogP contribution in [0.15, 0.2) is 30.3 Å². The fourth-order valence-electron chi connectivity index (χ4n) is 2.97. The average molecular weight is 276 g/mol. The summed E-state index contributed by atoms with van der Waals surface area (Å²) in [5.74, 6) is 5.18. The van der Waals surface area contributed by atoms with Crippen molar-refractivity contribution in [2.45, 2.75) is 24.9 Å². The minimum absolute atomic E-state index is 0.167. The quantitative estimate of drug-likeness (QED) is 0.473. The number of likely N-dealkylation sites (N-methyl/N-ethyl adjacent to an activating group) is 2. The summed E-state index contributed by atoms with van der Waals surface area (Å²) in [6, 6.07) is 9.95. The van der Waals surface area contributed by atoms with Gasteiger partial charge in [-0.05, 0) is 39.0 Å². The van der Waals surface area contributed by atoms with Crippen molar-refractivity contribution >= 4 is 5.91 Å². The van der Waals surface area contributed by atoms with Crippen LogP contribution in [-0.2, 0) is 4.79 Å². The second kappa shape index (κ2) is 6.83. The van der Waals surface area contributed by atoms with Gasteiger partial charge in [-0.25, -0.2) is 5.84 Å². The molecule has 1 saturated heterocycles. The Bertz CT molecular complexity index is 437. The molecule has 110 valence electrons. The molecule has 0 saturated carbocycles. The number of rotatable bonds is 5. The minimum Gasteiger partial charge on any atom is -0.302 e. The zero-order valence-electron chi connectivity index (χ0n) is 12.2. The topological polar surface area (TPSA) is 61.6 Å². The SMILES string of the molecule is CN1CCCC1CN(C)C(C(=O)NN)c1ccccc1. The molecule has 20 heavy (non-hydrogen) atoms. The molecule has 1 fully saturated rings. The molecule has 0 aliphatic carbocycles. The van der Waals surface area contributed by atoms with Crippen LogP contribution in [-0.4, -0.2) is 48.9 Å². The Morgan fingerprint density at radius 1 is 1.50 bits per heavy atom. The van der Waals surface area contributed by atoms with Crippen LogP contribution in [0.4, 0.5) is 0 Å². The van der Waals surface area contributed by atoms with Crippen LogP contribution in [0, 0.1) is 0 Å². The van der Waals surface area contributed by atoms with Gasteiger partial charge in [0, 0.05) is 12.6 Å². The van der Waals surface area contributed by atoms with Crippen molar-refractivity contribution in [3.63, 3.8) is 0 Å². The van der Waals surface area contributed by atoms with E-state index in [4.69, 9.17) is 5.84 Å². The molecule has 1 aliphatic rings. The van der Waals surface area contributed by atoms with E-state index in [1.165, 1.54) is 12.8 Å². The number of carbonyl (C=O) groups excluding carboxylic acids is 1. The van der Waals surface area contributed by atoms with E-state index < -0.39 is 0 Å². The number of nitrogens with zero attached hydrogens (tertiary/aromatic N) is 2. The Morgan fingerprint density at radius 3 is 2.75 bits per heavy atom. The summed E-state index contributed by atoms with van der Waals surface area (Å²) in [4.78, 5) is 16.6. The zero-order valence-corrected chi connectivity index (χ0v) is 12.2. The van der Waals surface area contributed by atoms with Gasteiger partial charge >= 0.3 is 0 Å². The standard InChI is InChI=1S/C15H24N4O/c1-18-10-6-9-13(18)11-19(2)14(15(20)17-16)12-7-4-3-5-8-12/h3-5,7-8,13-14H,6,9-11,16H2,1-2H3,(H,17,20). The van der Waals surface area contributed by atoms with Crippen molar-refractivity contribution < 1.29 is 4.79 Å². The highest BCUT2D eigenvalue weighted by Gasteiger charge is 2.29. The predicted molar refractivity (Wildman–Crippen MR) is 79.8 cm³/mol. The van der Waals surface area contributed by atoms with E-state index in [9.17, 15) is 4.79 Å². The number of hydrogen-bond donors (Lipinski definition) is 2. The van der Waals surface area contributed by atoms with Crippen LogP contribution in [0.25, 0.3) is 0 Å². The maximum atomic E-state index is 12.1. The maximum Gasteiger partial charge on any atom is 0.255 e. The first-order chi connectivity index (χ1) is 9.63. The molecule has 2 rings (SSSR count). The third-order valence-corrected chi connectivity index (χ3v) is 4.12. The van der Waals surface area contributed by atoms with Crippen LogP contribution < -0.4 is 11.3 Å². The second-order valence-electron chi connectivity index (χ2n) is 5.54. The first-order valence-electron chi connectivity index (χ1n) is 7.09. The number of carbonyl (C=O) groups is 1. The van der Waals surface area contributed by atoms with Gasteiger partial charge in [0.25, 0.3) is 5.91 Å². The van der Waals surface area contributed by atoms with Gasteiger partial charge in [-0.1, -0.05) is 30.3 Å². The Balaban J connectivity index is 2.12. The number of likely N-dealkylation sites (tertiary alicyclic amines) is 1. The average Bonchev–Trinajstić information content (AvgIpc) is 2.85. The lowest BCUT2D eigenvalue weighted by Crippen LogP contribution is -2.45. The second-order valence-corrected chi connectivity index (χ2v) is 5.54. The van der Waals surface area contributed by atoms with Gasteiger partial charge in [-0.15, -0.1) is 0 Å². The van der Waals surface area contributed by atoms with Crippen LogP contribution in [0.2, 0.25) is 0 Å². The summed E-state index contributed by atoms with van der Waals surface area (Å²) in [7, 11) is 4.13. The van der Waals surface area contributed by atoms with E-state index in [-0.39, 0.29) is 11.9 Å². The Labute approximate surface area is 120 Å². The molecule has 1 aromatic rings. The molecule has 1 amide bonds. The van der Waals surface area contributed by atoms with Crippen molar-refractivity contribution in [2.24, 2.45) is 5.84 Å². The number of hydrazine groups is 1. The largest absolute Gasteiger partial charge is 0.302 e. The summed E-state index contributed by atoms with van der Waals surface area (Å²) >= 11 is 0. The normalized spacial score (nSPS) is 21.1. The van der Waals surface area contributed by atoms with Crippen molar-refractivity contribution in [3.8, 4) is 0 Å². The number of benzene rings is 1. The highest BCUT2D eigenvalue weighted by atomic mass is 16.2. The summed E-state index contributed by atoms with van der Waals surface area (Å²) < 4.78 is 0. The van der Waals surface area contributed by atoms with Crippen molar-refractivity contribution in [2.75, 3.05) is 27.2 Å². The molecule has 1 aromatic carbocycles. The predicted octanol–water partition coefficient (Wildman–Crippen LogP) is 0.744. The van der Waals surface area contributed by atoms with E-state index in [2.05, 4.69) is 22.3 Å². The lowest BCUT2D eigenvalue weighted by Gasteiger charge is -2.31. The minimum atomic E-state index is -0.338. The van der Waals surface area contributed by atoms with Crippen molar-refractivity contribution in [1.82, 2.24) is 15.2 Å². The lowest BCUT2D eigenvalue weighted by molar-refractivity contribution is -0.126. The molecule has 2 unspecified atom stereocenters. The van der Waals surface area contributed by atoms with Gasteiger partial charge in [0.2, 0.25) is 0 Å². The van der Waals surface area contributed by atoms with Gasteiger partial charge in [-0.2, -0.15) is 0 Å². The fourth-order valence-corrected chi connectivity index (χ4v) is 2.97. The van der Waals surface area contributed by atoms with Crippen molar-refractivity contribution in [1.29, 1.82) is 0 Å². The summed E-state index contributed by atoms with van der Waals surface area (Å²) in [6.07, 6.45) is 2.42. The molecule has 0 bridgehead atoms. The van der Waals surface area contributed by atoms with Gasteiger partial charge in [0.15, 0.2) is 0 Å². The zero-order chi connectivity index (χ0) is 14.5. The fraction of sp³-hybridized carbons (Fsp3) is 0.533. The van der Waals surface area contributed by atoms with E-state index in [1.54, 1.807) is 0 Å². The van der Waals surface area contributed by atoms with Crippen LogP contribution in [0.1, 0.15) is 24.4 Å². The molecule has 5 nitrogen and oxygen atoms in total. The first kappa shape index (κ1) is 15.0. The Hall–Kier alpha value is -1.43. The molecule has 0 radical (unpaired) electrons.